The lowest BCUT2D eigenvalue weighted by atomic mass is 9.91. The van der Waals surface area contributed by atoms with Gasteiger partial charge in [-0.05, 0) is 19.9 Å². The van der Waals surface area contributed by atoms with Gasteiger partial charge in [0.05, 0.1) is 5.69 Å². The molecule has 1 unspecified atom stereocenters. The van der Waals surface area contributed by atoms with E-state index < -0.39 is 0 Å². The van der Waals surface area contributed by atoms with Crippen molar-refractivity contribution < 1.29 is 0 Å². The molecule has 1 aliphatic heterocycles. The first-order valence-electron chi connectivity index (χ1n) is 7.86. The fourth-order valence-corrected chi connectivity index (χ4v) is 2.59. The van der Waals surface area contributed by atoms with Gasteiger partial charge in [-0.3, -0.25) is 4.90 Å². The lowest BCUT2D eigenvalue weighted by Crippen LogP contribution is -2.51. The van der Waals surface area contributed by atoms with Gasteiger partial charge in [0.1, 0.15) is 0 Å². The smallest absolute Gasteiger partial charge is 0.225 e. The molecule has 2 rings (SSSR count). The van der Waals surface area contributed by atoms with Crippen molar-refractivity contribution in [3.8, 4) is 0 Å². The normalized spacial score (nSPS) is 18.9. The lowest BCUT2D eigenvalue weighted by Gasteiger charge is -2.38. The molecule has 0 radical (unpaired) electrons. The average molecular weight is 291 g/mol. The van der Waals surface area contributed by atoms with Crippen LogP contribution in [-0.2, 0) is 5.41 Å². The van der Waals surface area contributed by atoms with Gasteiger partial charge in [-0.15, -0.1) is 0 Å². The summed E-state index contributed by atoms with van der Waals surface area (Å²) in [7, 11) is 0. The first-order valence-corrected chi connectivity index (χ1v) is 7.86. The van der Waals surface area contributed by atoms with E-state index in [1.807, 2.05) is 6.92 Å². The summed E-state index contributed by atoms with van der Waals surface area (Å²) >= 11 is 0. The van der Waals surface area contributed by atoms with E-state index in [2.05, 4.69) is 48.5 Å². The van der Waals surface area contributed by atoms with Crippen LogP contribution >= 0.6 is 0 Å². The second-order valence-electron chi connectivity index (χ2n) is 7.05. The second-order valence-corrected chi connectivity index (χ2v) is 7.05. The minimum absolute atomic E-state index is 0.0539. The Hall–Kier alpha value is -1.20. The van der Waals surface area contributed by atoms with Crippen molar-refractivity contribution in [2.24, 2.45) is 5.73 Å². The zero-order valence-electron chi connectivity index (χ0n) is 14.1. The molecule has 5 heteroatoms. The van der Waals surface area contributed by atoms with Crippen LogP contribution in [0.5, 0.6) is 0 Å². The Morgan fingerprint density at radius 3 is 2.33 bits per heavy atom. The molecule has 118 valence electrons. The Balaban J connectivity index is 2.12. The lowest BCUT2D eigenvalue weighted by molar-refractivity contribution is 0.200. The molecule has 1 saturated heterocycles. The van der Waals surface area contributed by atoms with Crippen LogP contribution in [0.4, 0.5) is 5.95 Å². The van der Waals surface area contributed by atoms with E-state index in [1.165, 1.54) is 0 Å². The predicted octanol–water partition coefficient (Wildman–Crippen LogP) is 1.55. The van der Waals surface area contributed by atoms with Crippen LogP contribution in [0.3, 0.4) is 0 Å². The highest BCUT2D eigenvalue weighted by Gasteiger charge is 2.24. The fraction of sp³-hybridized carbons (Fsp3) is 0.750. The summed E-state index contributed by atoms with van der Waals surface area (Å²) in [5.41, 5.74) is 7.97. The second kappa shape index (κ2) is 6.28. The molecule has 2 heterocycles. The van der Waals surface area contributed by atoms with Crippen LogP contribution in [-0.4, -0.2) is 53.6 Å². The minimum Gasteiger partial charge on any atom is -0.338 e. The summed E-state index contributed by atoms with van der Waals surface area (Å²) in [6.07, 6.45) is 0. The van der Waals surface area contributed by atoms with Crippen molar-refractivity contribution in [2.75, 3.05) is 37.6 Å². The van der Waals surface area contributed by atoms with Crippen LogP contribution in [0.15, 0.2) is 6.07 Å². The summed E-state index contributed by atoms with van der Waals surface area (Å²) in [4.78, 5) is 14.2. The molecular formula is C16H29N5. The maximum atomic E-state index is 5.76. The summed E-state index contributed by atoms with van der Waals surface area (Å²) in [6, 6.07) is 2.55. The van der Waals surface area contributed by atoms with Gasteiger partial charge >= 0.3 is 0 Å². The minimum atomic E-state index is 0.0539. The molecule has 1 aliphatic rings. The van der Waals surface area contributed by atoms with Crippen LogP contribution in [0.1, 0.15) is 39.1 Å². The number of rotatable bonds is 3. The number of hydrogen-bond donors (Lipinski definition) is 1. The van der Waals surface area contributed by atoms with Gasteiger partial charge in [-0.2, -0.15) is 0 Å². The van der Waals surface area contributed by atoms with Crippen LogP contribution in [0.25, 0.3) is 0 Å². The molecule has 21 heavy (non-hydrogen) atoms. The van der Waals surface area contributed by atoms with E-state index >= 15 is 0 Å². The van der Waals surface area contributed by atoms with E-state index in [1.54, 1.807) is 0 Å². The largest absolute Gasteiger partial charge is 0.338 e. The molecule has 0 aromatic carbocycles. The van der Waals surface area contributed by atoms with Crippen molar-refractivity contribution >= 4 is 5.95 Å². The SMILES string of the molecule is Cc1cc(C(C)(C)C)nc(N2CCN(C(C)CN)CC2)n1. The summed E-state index contributed by atoms with van der Waals surface area (Å²) < 4.78 is 0. The Morgan fingerprint density at radius 2 is 1.81 bits per heavy atom. The molecule has 0 saturated carbocycles. The Labute approximate surface area is 128 Å². The van der Waals surface area contributed by atoms with Gasteiger partial charge in [-0.25, -0.2) is 9.97 Å². The van der Waals surface area contributed by atoms with Crippen molar-refractivity contribution in [1.82, 2.24) is 14.9 Å². The van der Waals surface area contributed by atoms with E-state index in [4.69, 9.17) is 10.7 Å². The van der Waals surface area contributed by atoms with Gasteiger partial charge < -0.3 is 10.6 Å². The number of aryl methyl sites for hydroxylation is 1. The van der Waals surface area contributed by atoms with Crippen molar-refractivity contribution in [2.45, 2.75) is 46.1 Å². The van der Waals surface area contributed by atoms with E-state index in [0.29, 0.717) is 6.04 Å². The van der Waals surface area contributed by atoms with Crippen molar-refractivity contribution in [3.63, 3.8) is 0 Å². The van der Waals surface area contributed by atoms with E-state index in [0.717, 1.165) is 50.1 Å². The van der Waals surface area contributed by atoms with Gasteiger partial charge in [-0.1, -0.05) is 20.8 Å². The molecule has 1 aromatic heterocycles. The third-order valence-corrected chi connectivity index (χ3v) is 4.17. The van der Waals surface area contributed by atoms with E-state index in [9.17, 15) is 0 Å². The maximum absolute atomic E-state index is 5.76. The molecule has 0 spiro atoms. The number of nitrogens with two attached hydrogens (primary N) is 1. The standard InChI is InChI=1S/C16H29N5/c1-12-10-14(16(3,4)5)19-15(18-12)21-8-6-20(7-9-21)13(2)11-17/h10,13H,6-9,11,17H2,1-5H3. The van der Waals surface area contributed by atoms with Crippen molar-refractivity contribution in [3.05, 3.63) is 17.5 Å². The quantitative estimate of drug-likeness (QED) is 0.915. The number of nitrogens with zero attached hydrogens (tertiary/aromatic N) is 4. The number of hydrogen-bond acceptors (Lipinski definition) is 5. The van der Waals surface area contributed by atoms with Gasteiger partial charge in [0.25, 0.3) is 0 Å². The first-order chi connectivity index (χ1) is 9.81. The zero-order valence-corrected chi connectivity index (χ0v) is 14.1. The Kier molecular flexibility index (Phi) is 4.84. The highest BCUT2D eigenvalue weighted by molar-refractivity contribution is 5.34. The number of aromatic nitrogens is 2. The van der Waals surface area contributed by atoms with Gasteiger partial charge in [0.2, 0.25) is 5.95 Å². The highest BCUT2D eigenvalue weighted by atomic mass is 15.3. The molecule has 2 N–H and O–H groups in total. The topological polar surface area (TPSA) is 58.3 Å². The van der Waals surface area contributed by atoms with Gasteiger partial charge in [0.15, 0.2) is 0 Å². The van der Waals surface area contributed by atoms with E-state index in [-0.39, 0.29) is 5.41 Å². The fourth-order valence-electron chi connectivity index (χ4n) is 2.59. The molecule has 0 amide bonds. The maximum Gasteiger partial charge on any atom is 0.225 e. The highest BCUT2D eigenvalue weighted by Crippen LogP contribution is 2.23. The zero-order chi connectivity index (χ0) is 15.6. The van der Waals surface area contributed by atoms with Crippen LogP contribution in [0, 0.1) is 6.92 Å². The molecule has 1 aromatic rings. The molecular weight excluding hydrogens is 262 g/mol. The van der Waals surface area contributed by atoms with Gasteiger partial charge in [0, 0.05) is 49.9 Å². The summed E-state index contributed by atoms with van der Waals surface area (Å²) in [5.74, 6) is 0.875. The first kappa shape index (κ1) is 16.2. The molecule has 0 bridgehead atoms. The molecule has 0 aliphatic carbocycles. The molecule has 5 nitrogen and oxygen atoms in total. The monoisotopic (exact) mass is 291 g/mol. The number of anilines is 1. The van der Waals surface area contributed by atoms with Crippen molar-refractivity contribution in [1.29, 1.82) is 0 Å². The van der Waals surface area contributed by atoms with Crippen LogP contribution in [0.2, 0.25) is 0 Å². The average Bonchev–Trinajstić information content (AvgIpc) is 2.45. The Bertz CT molecular complexity index is 472. The Morgan fingerprint density at radius 1 is 1.19 bits per heavy atom. The predicted molar refractivity (Wildman–Crippen MR) is 87.8 cm³/mol. The summed E-state index contributed by atoms with van der Waals surface area (Å²) in [6.45, 7) is 15.5. The number of piperazine rings is 1. The third-order valence-electron chi connectivity index (χ3n) is 4.17. The third kappa shape index (κ3) is 3.92. The molecule has 1 fully saturated rings. The van der Waals surface area contributed by atoms with Crippen LogP contribution < -0.4 is 10.6 Å². The summed E-state index contributed by atoms with van der Waals surface area (Å²) in [5, 5.41) is 0. The molecule has 1 atom stereocenters.